The second-order valence-electron chi connectivity index (χ2n) is 5.03. The van der Waals surface area contributed by atoms with E-state index in [1.807, 2.05) is 12.1 Å². The standard InChI is InChI=1S/C17H15ClN4O3/c1-24-15-8-11(7-14(18)16(15)25-2)17(23)21-12-3-5-13(6-4-12)22-10-19-9-20-22/h3-10H,1-2H3,(H,21,23). The molecule has 0 aliphatic carbocycles. The molecule has 0 aliphatic rings. The quantitative estimate of drug-likeness (QED) is 0.757. The molecule has 8 heteroatoms. The smallest absolute Gasteiger partial charge is 0.255 e. The Labute approximate surface area is 149 Å². The summed E-state index contributed by atoms with van der Waals surface area (Å²) >= 11 is 6.14. The highest BCUT2D eigenvalue weighted by Crippen LogP contribution is 2.36. The van der Waals surface area contributed by atoms with Crippen LogP contribution in [0.5, 0.6) is 11.5 Å². The summed E-state index contributed by atoms with van der Waals surface area (Å²) in [6.45, 7) is 0. The van der Waals surface area contributed by atoms with E-state index in [2.05, 4.69) is 15.4 Å². The van der Waals surface area contributed by atoms with E-state index in [0.29, 0.717) is 27.8 Å². The zero-order valence-electron chi connectivity index (χ0n) is 13.6. The van der Waals surface area contributed by atoms with E-state index in [9.17, 15) is 4.79 Å². The Morgan fingerprint density at radius 3 is 2.52 bits per heavy atom. The maximum atomic E-state index is 12.5. The molecule has 0 bridgehead atoms. The van der Waals surface area contributed by atoms with E-state index in [1.165, 1.54) is 26.6 Å². The fourth-order valence-corrected chi connectivity index (χ4v) is 2.58. The summed E-state index contributed by atoms with van der Waals surface area (Å²) < 4.78 is 12.0. The van der Waals surface area contributed by atoms with Crippen LogP contribution < -0.4 is 14.8 Å². The van der Waals surface area contributed by atoms with Crippen molar-refractivity contribution in [3.63, 3.8) is 0 Å². The van der Waals surface area contributed by atoms with Crippen LogP contribution in [0, 0.1) is 0 Å². The van der Waals surface area contributed by atoms with E-state index in [-0.39, 0.29) is 5.91 Å². The summed E-state index contributed by atoms with van der Waals surface area (Å²) in [7, 11) is 2.97. The number of carbonyl (C=O) groups excluding carboxylic acids is 1. The van der Waals surface area contributed by atoms with Gasteiger partial charge in [-0.15, -0.1) is 0 Å². The highest BCUT2D eigenvalue weighted by Gasteiger charge is 2.15. The molecule has 0 fully saturated rings. The molecule has 0 saturated carbocycles. The second kappa shape index (κ2) is 7.23. The normalized spacial score (nSPS) is 10.4. The Bertz CT molecular complexity index is 880. The number of methoxy groups -OCH3 is 2. The fraction of sp³-hybridized carbons (Fsp3) is 0.118. The van der Waals surface area contributed by atoms with Crippen LogP contribution in [-0.2, 0) is 0 Å². The number of hydrogen-bond acceptors (Lipinski definition) is 5. The highest BCUT2D eigenvalue weighted by atomic mass is 35.5. The summed E-state index contributed by atoms with van der Waals surface area (Å²) in [4.78, 5) is 16.3. The van der Waals surface area contributed by atoms with E-state index in [1.54, 1.807) is 29.2 Å². The van der Waals surface area contributed by atoms with Crippen molar-refractivity contribution in [1.29, 1.82) is 0 Å². The molecule has 1 N–H and O–H groups in total. The number of anilines is 1. The molecule has 7 nitrogen and oxygen atoms in total. The topological polar surface area (TPSA) is 78.3 Å². The summed E-state index contributed by atoms with van der Waals surface area (Å²) in [5.41, 5.74) is 1.84. The zero-order chi connectivity index (χ0) is 17.8. The largest absolute Gasteiger partial charge is 0.493 e. The van der Waals surface area contributed by atoms with Gasteiger partial charge in [-0.25, -0.2) is 9.67 Å². The molecular weight excluding hydrogens is 344 g/mol. The summed E-state index contributed by atoms with van der Waals surface area (Å²) in [6.07, 6.45) is 3.05. The first-order valence-corrected chi connectivity index (χ1v) is 7.68. The lowest BCUT2D eigenvalue weighted by Gasteiger charge is -2.12. The molecule has 1 aromatic heterocycles. The first-order chi connectivity index (χ1) is 12.1. The summed E-state index contributed by atoms with van der Waals surface area (Å²) in [5.74, 6) is 0.468. The molecule has 1 amide bonds. The van der Waals surface area contributed by atoms with Crippen molar-refractivity contribution in [3.05, 3.63) is 59.6 Å². The van der Waals surface area contributed by atoms with Crippen LogP contribution in [0.25, 0.3) is 5.69 Å². The molecular formula is C17H15ClN4O3. The molecule has 0 aliphatic heterocycles. The lowest BCUT2D eigenvalue weighted by molar-refractivity contribution is 0.102. The van der Waals surface area contributed by atoms with E-state index in [0.717, 1.165) is 5.69 Å². The Hall–Kier alpha value is -3.06. The van der Waals surface area contributed by atoms with Crippen molar-refractivity contribution < 1.29 is 14.3 Å². The van der Waals surface area contributed by atoms with Crippen LogP contribution in [0.3, 0.4) is 0 Å². The predicted molar refractivity (Wildman–Crippen MR) is 93.9 cm³/mol. The molecule has 0 atom stereocenters. The van der Waals surface area contributed by atoms with Gasteiger partial charge in [0.2, 0.25) is 0 Å². The Morgan fingerprint density at radius 2 is 1.92 bits per heavy atom. The minimum absolute atomic E-state index is 0.300. The minimum Gasteiger partial charge on any atom is -0.493 e. The number of ether oxygens (including phenoxy) is 2. The van der Waals surface area contributed by atoms with E-state index >= 15 is 0 Å². The van der Waals surface area contributed by atoms with Crippen LogP contribution in [0.15, 0.2) is 49.1 Å². The lowest BCUT2D eigenvalue weighted by Crippen LogP contribution is -2.12. The van der Waals surface area contributed by atoms with Gasteiger partial charge >= 0.3 is 0 Å². The first-order valence-electron chi connectivity index (χ1n) is 7.30. The number of halogens is 1. The first kappa shape index (κ1) is 16.8. The van der Waals surface area contributed by atoms with Gasteiger partial charge in [0.15, 0.2) is 11.5 Å². The monoisotopic (exact) mass is 358 g/mol. The molecule has 1 heterocycles. The Morgan fingerprint density at radius 1 is 1.16 bits per heavy atom. The Balaban J connectivity index is 1.79. The van der Waals surface area contributed by atoms with Crippen LogP contribution in [0.2, 0.25) is 5.02 Å². The number of amides is 1. The third-order valence-electron chi connectivity index (χ3n) is 3.50. The summed E-state index contributed by atoms with van der Waals surface area (Å²) in [5, 5.41) is 7.15. The molecule has 128 valence electrons. The average molecular weight is 359 g/mol. The van der Waals surface area contributed by atoms with Gasteiger partial charge in [0, 0.05) is 11.3 Å². The number of hydrogen-bond donors (Lipinski definition) is 1. The van der Waals surface area contributed by atoms with Crippen LogP contribution in [0.1, 0.15) is 10.4 Å². The highest BCUT2D eigenvalue weighted by molar-refractivity contribution is 6.32. The third-order valence-corrected chi connectivity index (χ3v) is 3.78. The molecule has 3 rings (SSSR count). The molecule has 25 heavy (non-hydrogen) atoms. The molecule has 0 spiro atoms. The number of aromatic nitrogens is 3. The van der Waals surface area contributed by atoms with Gasteiger partial charge in [-0.3, -0.25) is 4.79 Å². The van der Waals surface area contributed by atoms with Gasteiger partial charge < -0.3 is 14.8 Å². The van der Waals surface area contributed by atoms with Gasteiger partial charge in [0.25, 0.3) is 5.91 Å². The maximum Gasteiger partial charge on any atom is 0.255 e. The van der Waals surface area contributed by atoms with Gasteiger partial charge in [-0.2, -0.15) is 5.10 Å². The van der Waals surface area contributed by atoms with Crippen LogP contribution in [-0.4, -0.2) is 34.9 Å². The molecule has 0 saturated heterocycles. The van der Waals surface area contributed by atoms with Gasteiger partial charge in [0.05, 0.1) is 24.9 Å². The van der Waals surface area contributed by atoms with Gasteiger partial charge in [-0.05, 0) is 36.4 Å². The average Bonchev–Trinajstić information content (AvgIpc) is 3.16. The van der Waals surface area contributed by atoms with Gasteiger partial charge in [-0.1, -0.05) is 11.6 Å². The van der Waals surface area contributed by atoms with Crippen LogP contribution in [0.4, 0.5) is 5.69 Å². The summed E-state index contributed by atoms with van der Waals surface area (Å²) in [6, 6.07) is 10.3. The SMILES string of the molecule is COc1cc(C(=O)Nc2ccc(-n3cncn3)cc2)cc(Cl)c1OC. The third kappa shape index (κ3) is 3.56. The van der Waals surface area contributed by atoms with Gasteiger partial charge in [0.1, 0.15) is 12.7 Å². The minimum atomic E-state index is -0.309. The van der Waals surface area contributed by atoms with Crippen molar-refractivity contribution in [2.45, 2.75) is 0 Å². The molecule has 2 aromatic carbocycles. The van der Waals surface area contributed by atoms with Crippen molar-refractivity contribution in [1.82, 2.24) is 14.8 Å². The fourth-order valence-electron chi connectivity index (χ4n) is 2.29. The number of benzene rings is 2. The zero-order valence-corrected chi connectivity index (χ0v) is 14.3. The molecule has 3 aromatic rings. The number of carbonyl (C=O) groups is 1. The van der Waals surface area contributed by atoms with Crippen molar-refractivity contribution in [2.75, 3.05) is 19.5 Å². The van der Waals surface area contributed by atoms with E-state index in [4.69, 9.17) is 21.1 Å². The predicted octanol–water partition coefficient (Wildman–Crippen LogP) is 3.19. The van der Waals surface area contributed by atoms with Crippen molar-refractivity contribution in [3.8, 4) is 17.2 Å². The lowest BCUT2D eigenvalue weighted by atomic mass is 10.1. The number of nitrogens with one attached hydrogen (secondary N) is 1. The van der Waals surface area contributed by atoms with E-state index < -0.39 is 0 Å². The molecule has 0 radical (unpaired) electrons. The second-order valence-corrected chi connectivity index (χ2v) is 5.44. The van der Waals surface area contributed by atoms with Crippen molar-refractivity contribution in [2.24, 2.45) is 0 Å². The number of rotatable bonds is 5. The molecule has 0 unspecified atom stereocenters. The van der Waals surface area contributed by atoms with Crippen LogP contribution >= 0.6 is 11.6 Å². The van der Waals surface area contributed by atoms with Crippen molar-refractivity contribution >= 4 is 23.2 Å². The number of nitrogens with zero attached hydrogens (tertiary/aromatic N) is 3. The maximum absolute atomic E-state index is 12.5. The Kier molecular flexibility index (Phi) is 4.85.